The SMILES string of the molecule is CCNC(=NCc1cccs1)NC(C)Cc1ccc(C)s1.I. The minimum atomic E-state index is 0. The van der Waals surface area contributed by atoms with E-state index in [0.717, 1.165) is 25.5 Å². The monoisotopic (exact) mass is 449 g/mol. The topological polar surface area (TPSA) is 36.4 Å². The zero-order valence-electron chi connectivity index (χ0n) is 13.3. The zero-order valence-corrected chi connectivity index (χ0v) is 17.2. The summed E-state index contributed by atoms with van der Waals surface area (Å²) in [6, 6.07) is 8.95. The average Bonchev–Trinajstić information content (AvgIpc) is 3.08. The van der Waals surface area contributed by atoms with Crippen LogP contribution in [-0.4, -0.2) is 18.5 Å². The molecular weight excluding hydrogens is 425 g/mol. The van der Waals surface area contributed by atoms with Crippen LogP contribution in [0.2, 0.25) is 0 Å². The van der Waals surface area contributed by atoms with Crippen LogP contribution in [0.1, 0.15) is 28.5 Å². The Morgan fingerprint density at radius 1 is 1.27 bits per heavy atom. The molecule has 0 spiro atoms. The molecule has 2 heterocycles. The van der Waals surface area contributed by atoms with Gasteiger partial charge >= 0.3 is 0 Å². The van der Waals surface area contributed by atoms with Crippen LogP contribution < -0.4 is 10.6 Å². The Morgan fingerprint density at radius 2 is 2.09 bits per heavy atom. The van der Waals surface area contributed by atoms with Gasteiger partial charge in [-0.1, -0.05) is 6.07 Å². The fraction of sp³-hybridized carbons (Fsp3) is 0.438. The Balaban J connectivity index is 0.00000242. The van der Waals surface area contributed by atoms with Crippen molar-refractivity contribution in [1.29, 1.82) is 0 Å². The van der Waals surface area contributed by atoms with E-state index in [0.29, 0.717) is 6.04 Å². The molecule has 2 N–H and O–H groups in total. The third kappa shape index (κ3) is 6.66. The summed E-state index contributed by atoms with van der Waals surface area (Å²) in [6.45, 7) is 8.06. The van der Waals surface area contributed by atoms with Crippen molar-refractivity contribution in [1.82, 2.24) is 10.6 Å². The molecule has 0 aromatic carbocycles. The third-order valence-electron chi connectivity index (χ3n) is 3.00. The maximum absolute atomic E-state index is 4.65. The molecular formula is C16H24IN3S2. The molecule has 0 aliphatic heterocycles. The van der Waals surface area contributed by atoms with Crippen LogP contribution in [0.5, 0.6) is 0 Å². The second-order valence-electron chi connectivity index (χ2n) is 5.04. The van der Waals surface area contributed by atoms with Crippen molar-refractivity contribution in [2.75, 3.05) is 6.54 Å². The van der Waals surface area contributed by atoms with Crippen molar-refractivity contribution in [3.05, 3.63) is 44.3 Å². The first-order valence-electron chi connectivity index (χ1n) is 7.30. The molecule has 3 nitrogen and oxygen atoms in total. The molecule has 2 aromatic heterocycles. The number of aryl methyl sites for hydroxylation is 1. The Labute approximate surface area is 158 Å². The van der Waals surface area contributed by atoms with Crippen molar-refractivity contribution < 1.29 is 0 Å². The summed E-state index contributed by atoms with van der Waals surface area (Å²) in [4.78, 5) is 8.73. The van der Waals surface area contributed by atoms with Crippen LogP contribution in [0, 0.1) is 6.92 Å². The van der Waals surface area contributed by atoms with E-state index in [9.17, 15) is 0 Å². The summed E-state index contributed by atoms with van der Waals surface area (Å²) in [7, 11) is 0. The summed E-state index contributed by atoms with van der Waals surface area (Å²) >= 11 is 3.62. The molecule has 0 bridgehead atoms. The van der Waals surface area contributed by atoms with Gasteiger partial charge in [0.1, 0.15) is 0 Å². The first-order chi connectivity index (χ1) is 10.2. The summed E-state index contributed by atoms with van der Waals surface area (Å²) < 4.78 is 0. The molecule has 0 fully saturated rings. The highest BCUT2D eigenvalue weighted by atomic mass is 127. The number of nitrogens with one attached hydrogen (secondary N) is 2. The molecule has 1 unspecified atom stereocenters. The molecule has 22 heavy (non-hydrogen) atoms. The van der Waals surface area contributed by atoms with Gasteiger partial charge < -0.3 is 10.6 Å². The highest BCUT2D eigenvalue weighted by molar-refractivity contribution is 14.0. The van der Waals surface area contributed by atoms with E-state index in [2.05, 4.69) is 66.0 Å². The summed E-state index contributed by atoms with van der Waals surface area (Å²) in [5.41, 5.74) is 0. The van der Waals surface area contributed by atoms with Gasteiger partial charge in [-0.2, -0.15) is 0 Å². The fourth-order valence-corrected chi connectivity index (χ4v) is 3.71. The molecule has 2 aromatic rings. The van der Waals surface area contributed by atoms with Crippen LogP contribution >= 0.6 is 46.7 Å². The lowest BCUT2D eigenvalue weighted by Gasteiger charge is -2.17. The predicted octanol–water partition coefficient (Wildman–Crippen LogP) is 4.42. The normalized spacial score (nSPS) is 12.6. The number of hydrogen-bond acceptors (Lipinski definition) is 3. The number of nitrogens with zero attached hydrogens (tertiary/aromatic N) is 1. The number of aliphatic imine (C=N–C) groups is 1. The second-order valence-corrected chi connectivity index (χ2v) is 7.44. The second kappa shape index (κ2) is 10.2. The maximum Gasteiger partial charge on any atom is 0.191 e. The van der Waals surface area contributed by atoms with E-state index in [-0.39, 0.29) is 24.0 Å². The molecule has 1 atom stereocenters. The fourth-order valence-electron chi connectivity index (χ4n) is 2.06. The van der Waals surface area contributed by atoms with Crippen LogP contribution in [0.4, 0.5) is 0 Å². The van der Waals surface area contributed by atoms with Crippen molar-refractivity contribution in [3.63, 3.8) is 0 Å². The van der Waals surface area contributed by atoms with E-state index in [1.807, 2.05) is 11.3 Å². The molecule has 2 rings (SSSR count). The lowest BCUT2D eigenvalue weighted by atomic mass is 10.2. The van der Waals surface area contributed by atoms with Crippen molar-refractivity contribution in [2.45, 2.75) is 39.8 Å². The molecule has 0 radical (unpaired) electrons. The summed E-state index contributed by atoms with van der Waals surface area (Å²) in [5, 5.41) is 8.89. The van der Waals surface area contributed by atoms with Crippen molar-refractivity contribution >= 4 is 52.6 Å². The quantitative estimate of drug-likeness (QED) is 0.389. The van der Waals surface area contributed by atoms with E-state index in [1.54, 1.807) is 11.3 Å². The van der Waals surface area contributed by atoms with E-state index < -0.39 is 0 Å². The van der Waals surface area contributed by atoms with Crippen LogP contribution in [0.25, 0.3) is 0 Å². The van der Waals surface area contributed by atoms with E-state index in [1.165, 1.54) is 14.6 Å². The minimum absolute atomic E-state index is 0. The van der Waals surface area contributed by atoms with Gasteiger partial charge in [-0.05, 0) is 44.4 Å². The molecule has 0 saturated carbocycles. The summed E-state index contributed by atoms with van der Waals surface area (Å²) in [5.74, 6) is 0.895. The van der Waals surface area contributed by atoms with Gasteiger partial charge in [0.25, 0.3) is 0 Å². The molecule has 0 amide bonds. The van der Waals surface area contributed by atoms with Crippen molar-refractivity contribution in [3.8, 4) is 0 Å². The smallest absolute Gasteiger partial charge is 0.191 e. The van der Waals surface area contributed by atoms with Gasteiger partial charge in [-0.25, -0.2) is 4.99 Å². The highest BCUT2D eigenvalue weighted by Gasteiger charge is 2.07. The van der Waals surface area contributed by atoms with Gasteiger partial charge in [0.2, 0.25) is 0 Å². The number of halogens is 1. The number of rotatable bonds is 6. The van der Waals surface area contributed by atoms with E-state index in [4.69, 9.17) is 0 Å². The predicted molar refractivity (Wildman–Crippen MR) is 110 cm³/mol. The van der Waals surface area contributed by atoms with Crippen molar-refractivity contribution in [2.24, 2.45) is 4.99 Å². The lowest BCUT2D eigenvalue weighted by Crippen LogP contribution is -2.43. The standard InChI is InChI=1S/C16H23N3S2.HI/c1-4-17-16(18-11-15-6-5-9-20-15)19-12(2)10-14-8-7-13(3)21-14;/h5-9,12H,4,10-11H2,1-3H3,(H2,17,18,19);1H. The average molecular weight is 449 g/mol. The highest BCUT2D eigenvalue weighted by Crippen LogP contribution is 2.16. The lowest BCUT2D eigenvalue weighted by molar-refractivity contribution is 0.645. The molecule has 122 valence electrons. The van der Waals surface area contributed by atoms with Gasteiger partial charge in [-0.15, -0.1) is 46.7 Å². The minimum Gasteiger partial charge on any atom is -0.357 e. The van der Waals surface area contributed by atoms with Gasteiger partial charge in [-0.3, -0.25) is 0 Å². The number of guanidine groups is 1. The Kier molecular flexibility index (Phi) is 9.04. The molecule has 0 aliphatic carbocycles. The Bertz CT molecular complexity index is 564. The molecule has 6 heteroatoms. The van der Waals surface area contributed by atoms with Gasteiger partial charge in [0, 0.05) is 33.6 Å². The first kappa shape index (κ1) is 19.4. The largest absolute Gasteiger partial charge is 0.357 e. The molecule has 0 saturated heterocycles. The van der Waals surface area contributed by atoms with Crippen LogP contribution in [0.3, 0.4) is 0 Å². The maximum atomic E-state index is 4.65. The number of thiophene rings is 2. The Hall–Kier alpha value is -0.600. The van der Waals surface area contributed by atoms with E-state index >= 15 is 0 Å². The van der Waals surface area contributed by atoms with Crippen LogP contribution in [-0.2, 0) is 13.0 Å². The first-order valence-corrected chi connectivity index (χ1v) is 8.99. The van der Waals surface area contributed by atoms with Crippen LogP contribution in [0.15, 0.2) is 34.6 Å². The molecule has 0 aliphatic rings. The number of hydrogen-bond donors (Lipinski definition) is 2. The zero-order chi connectivity index (χ0) is 15.1. The van der Waals surface area contributed by atoms with Gasteiger partial charge in [0.15, 0.2) is 5.96 Å². The van der Waals surface area contributed by atoms with Gasteiger partial charge in [0.05, 0.1) is 6.54 Å². The Morgan fingerprint density at radius 3 is 2.68 bits per heavy atom. The summed E-state index contributed by atoms with van der Waals surface area (Å²) in [6.07, 6.45) is 1.03. The third-order valence-corrected chi connectivity index (χ3v) is 4.89.